The number of halogens is 1. The fourth-order valence-electron chi connectivity index (χ4n) is 1.42. The lowest BCUT2D eigenvalue weighted by Crippen LogP contribution is -2.00. The molecule has 3 nitrogen and oxygen atoms in total. The minimum atomic E-state index is -0.318. The third-order valence-corrected chi connectivity index (χ3v) is 2.08. The Labute approximate surface area is 86.1 Å². The van der Waals surface area contributed by atoms with Gasteiger partial charge in [0.15, 0.2) is 0 Å². The standard InChI is InChI=1S/C11H9FN2O/c12-10-5-1-2-6-11(10)14-7-3-4-9(14)8-13-15/h1-8,15H. The summed E-state index contributed by atoms with van der Waals surface area (Å²) in [5, 5.41) is 11.4. The molecule has 0 fully saturated rings. The van der Waals surface area contributed by atoms with Crippen molar-refractivity contribution < 1.29 is 9.60 Å². The van der Waals surface area contributed by atoms with Gasteiger partial charge in [-0.25, -0.2) is 4.39 Å². The first kappa shape index (κ1) is 9.45. The zero-order valence-corrected chi connectivity index (χ0v) is 7.84. The minimum Gasteiger partial charge on any atom is -0.411 e. The van der Waals surface area contributed by atoms with E-state index in [-0.39, 0.29) is 5.82 Å². The third kappa shape index (κ3) is 1.74. The van der Waals surface area contributed by atoms with E-state index in [9.17, 15) is 4.39 Å². The maximum absolute atomic E-state index is 13.4. The number of aromatic nitrogens is 1. The van der Waals surface area contributed by atoms with Gasteiger partial charge in [0.2, 0.25) is 0 Å². The fourth-order valence-corrected chi connectivity index (χ4v) is 1.42. The smallest absolute Gasteiger partial charge is 0.147 e. The van der Waals surface area contributed by atoms with Crippen molar-refractivity contribution in [2.45, 2.75) is 0 Å². The van der Waals surface area contributed by atoms with E-state index in [1.54, 1.807) is 41.1 Å². The quantitative estimate of drug-likeness (QED) is 0.455. The van der Waals surface area contributed by atoms with Gasteiger partial charge in [-0.05, 0) is 24.3 Å². The highest BCUT2D eigenvalue weighted by Gasteiger charge is 2.05. The predicted molar refractivity (Wildman–Crippen MR) is 55.1 cm³/mol. The van der Waals surface area contributed by atoms with E-state index >= 15 is 0 Å². The van der Waals surface area contributed by atoms with Gasteiger partial charge in [0, 0.05) is 6.20 Å². The van der Waals surface area contributed by atoms with Gasteiger partial charge in [-0.1, -0.05) is 17.3 Å². The Morgan fingerprint density at radius 2 is 2.00 bits per heavy atom. The molecule has 0 saturated carbocycles. The molecule has 0 radical (unpaired) electrons. The molecule has 2 rings (SSSR count). The Kier molecular flexibility index (Phi) is 2.49. The van der Waals surface area contributed by atoms with Gasteiger partial charge in [0.25, 0.3) is 0 Å². The molecule has 0 bridgehead atoms. The number of rotatable bonds is 2. The van der Waals surface area contributed by atoms with E-state index < -0.39 is 0 Å². The predicted octanol–water partition coefficient (Wildman–Crippen LogP) is 2.42. The number of benzene rings is 1. The summed E-state index contributed by atoms with van der Waals surface area (Å²) in [5.74, 6) is -0.318. The highest BCUT2D eigenvalue weighted by atomic mass is 19.1. The van der Waals surface area contributed by atoms with Crippen LogP contribution in [0.4, 0.5) is 4.39 Å². The molecule has 1 aromatic carbocycles. The Morgan fingerprint density at radius 1 is 1.20 bits per heavy atom. The topological polar surface area (TPSA) is 37.5 Å². The van der Waals surface area contributed by atoms with Crippen molar-refractivity contribution >= 4 is 6.21 Å². The van der Waals surface area contributed by atoms with Crippen LogP contribution in [-0.2, 0) is 0 Å². The van der Waals surface area contributed by atoms with Crippen molar-refractivity contribution in [3.8, 4) is 5.69 Å². The van der Waals surface area contributed by atoms with Gasteiger partial charge >= 0.3 is 0 Å². The molecule has 0 aliphatic heterocycles. The largest absolute Gasteiger partial charge is 0.411 e. The summed E-state index contributed by atoms with van der Waals surface area (Å²) >= 11 is 0. The zero-order chi connectivity index (χ0) is 10.7. The summed E-state index contributed by atoms with van der Waals surface area (Å²) in [6.07, 6.45) is 2.96. The molecule has 0 aliphatic carbocycles. The number of oxime groups is 1. The average Bonchev–Trinajstić information content (AvgIpc) is 2.67. The molecule has 1 N–H and O–H groups in total. The van der Waals surface area contributed by atoms with E-state index in [1.165, 1.54) is 12.3 Å². The molecule has 0 amide bonds. The van der Waals surface area contributed by atoms with Crippen LogP contribution in [0.2, 0.25) is 0 Å². The normalized spacial score (nSPS) is 11.0. The first-order valence-electron chi connectivity index (χ1n) is 4.42. The molecule has 1 aromatic heterocycles. The Morgan fingerprint density at radius 3 is 2.73 bits per heavy atom. The van der Waals surface area contributed by atoms with Crippen LogP contribution >= 0.6 is 0 Å². The maximum atomic E-state index is 13.4. The Balaban J connectivity index is 2.54. The van der Waals surface area contributed by atoms with Crippen molar-refractivity contribution in [3.05, 3.63) is 54.1 Å². The lowest BCUT2D eigenvalue weighted by Gasteiger charge is -2.06. The summed E-state index contributed by atoms with van der Waals surface area (Å²) in [4.78, 5) is 0. The molecule has 0 aliphatic rings. The van der Waals surface area contributed by atoms with Gasteiger partial charge in [0.05, 0.1) is 17.6 Å². The highest BCUT2D eigenvalue weighted by Crippen LogP contribution is 2.14. The van der Waals surface area contributed by atoms with Gasteiger partial charge in [0.1, 0.15) is 5.82 Å². The minimum absolute atomic E-state index is 0.318. The van der Waals surface area contributed by atoms with Crippen molar-refractivity contribution in [3.63, 3.8) is 0 Å². The Bertz CT molecular complexity index is 491. The van der Waals surface area contributed by atoms with E-state index in [4.69, 9.17) is 5.21 Å². The highest BCUT2D eigenvalue weighted by molar-refractivity contribution is 5.78. The summed E-state index contributed by atoms with van der Waals surface area (Å²) < 4.78 is 15.1. The second kappa shape index (κ2) is 3.96. The van der Waals surface area contributed by atoms with Gasteiger partial charge in [-0.2, -0.15) is 0 Å². The molecular weight excluding hydrogens is 195 g/mol. The second-order valence-corrected chi connectivity index (χ2v) is 3.00. The van der Waals surface area contributed by atoms with E-state index in [2.05, 4.69) is 5.16 Å². The van der Waals surface area contributed by atoms with Crippen LogP contribution in [0.15, 0.2) is 47.8 Å². The van der Waals surface area contributed by atoms with Crippen molar-refractivity contribution in [2.24, 2.45) is 5.16 Å². The van der Waals surface area contributed by atoms with Crippen LogP contribution < -0.4 is 0 Å². The lowest BCUT2D eigenvalue weighted by molar-refractivity contribution is 0.321. The van der Waals surface area contributed by atoms with E-state index in [1.807, 2.05) is 0 Å². The summed E-state index contributed by atoms with van der Waals surface area (Å²) in [5.41, 5.74) is 1.04. The second-order valence-electron chi connectivity index (χ2n) is 3.00. The fraction of sp³-hybridized carbons (Fsp3) is 0. The van der Waals surface area contributed by atoms with Crippen molar-refractivity contribution in [1.29, 1.82) is 0 Å². The molecule has 2 aromatic rings. The average molecular weight is 204 g/mol. The van der Waals surface area contributed by atoms with E-state index in [0.29, 0.717) is 11.4 Å². The van der Waals surface area contributed by atoms with Gasteiger partial charge in [-0.15, -0.1) is 0 Å². The van der Waals surface area contributed by atoms with E-state index in [0.717, 1.165) is 0 Å². The summed E-state index contributed by atoms with van der Waals surface area (Å²) in [6.45, 7) is 0. The molecule has 76 valence electrons. The van der Waals surface area contributed by atoms with Gasteiger partial charge in [-0.3, -0.25) is 0 Å². The van der Waals surface area contributed by atoms with Crippen LogP contribution in [-0.4, -0.2) is 16.0 Å². The molecule has 15 heavy (non-hydrogen) atoms. The van der Waals surface area contributed by atoms with Crippen LogP contribution in [0, 0.1) is 5.82 Å². The van der Waals surface area contributed by atoms with Crippen molar-refractivity contribution in [2.75, 3.05) is 0 Å². The molecule has 1 heterocycles. The number of para-hydroxylation sites is 1. The monoisotopic (exact) mass is 204 g/mol. The molecule has 0 saturated heterocycles. The lowest BCUT2D eigenvalue weighted by atomic mass is 10.3. The van der Waals surface area contributed by atoms with Gasteiger partial charge < -0.3 is 9.77 Å². The number of nitrogens with zero attached hydrogens (tertiary/aromatic N) is 2. The molecular formula is C11H9FN2O. The van der Waals surface area contributed by atoms with Crippen LogP contribution in [0.25, 0.3) is 5.69 Å². The number of hydrogen-bond acceptors (Lipinski definition) is 2. The third-order valence-electron chi connectivity index (χ3n) is 2.08. The number of hydrogen-bond donors (Lipinski definition) is 1. The maximum Gasteiger partial charge on any atom is 0.147 e. The molecule has 0 unspecified atom stereocenters. The van der Waals surface area contributed by atoms with Crippen LogP contribution in [0.5, 0.6) is 0 Å². The SMILES string of the molecule is ON=Cc1cccn1-c1ccccc1F. The molecule has 0 atom stereocenters. The Hall–Kier alpha value is -2.10. The molecule has 4 heteroatoms. The van der Waals surface area contributed by atoms with Crippen molar-refractivity contribution in [1.82, 2.24) is 4.57 Å². The zero-order valence-electron chi connectivity index (χ0n) is 7.84. The first-order chi connectivity index (χ1) is 7.33. The first-order valence-corrected chi connectivity index (χ1v) is 4.42. The van der Waals surface area contributed by atoms with Crippen LogP contribution in [0.1, 0.15) is 5.69 Å². The van der Waals surface area contributed by atoms with Crippen LogP contribution in [0.3, 0.4) is 0 Å². The summed E-state index contributed by atoms with van der Waals surface area (Å²) in [6, 6.07) is 9.90. The summed E-state index contributed by atoms with van der Waals surface area (Å²) in [7, 11) is 0. The molecule has 0 spiro atoms.